The molecule has 0 saturated carbocycles. The van der Waals surface area contributed by atoms with Gasteiger partial charge in [-0.05, 0) is 36.4 Å². The minimum Gasteiger partial charge on any atom is -0.462 e. The average molecular weight is 410 g/mol. The Hall–Kier alpha value is -3.14. The van der Waals surface area contributed by atoms with E-state index < -0.39 is 24.2 Å². The van der Waals surface area contributed by atoms with E-state index in [2.05, 4.69) is 11.8 Å². The van der Waals surface area contributed by atoms with Crippen molar-refractivity contribution in [3.63, 3.8) is 0 Å². The van der Waals surface area contributed by atoms with Crippen molar-refractivity contribution in [3.8, 4) is 23.3 Å². The predicted molar refractivity (Wildman–Crippen MR) is 107 cm³/mol. The maximum atomic E-state index is 14.3. The second kappa shape index (κ2) is 9.57. The van der Waals surface area contributed by atoms with Crippen LogP contribution in [0.5, 0.6) is 11.5 Å². The van der Waals surface area contributed by atoms with E-state index >= 15 is 0 Å². The largest absolute Gasteiger partial charge is 0.462 e. The summed E-state index contributed by atoms with van der Waals surface area (Å²) < 4.78 is 50.4. The van der Waals surface area contributed by atoms with Gasteiger partial charge < -0.3 is 18.9 Å². The fourth-order valence-corrected chi connectivity index (χ4v) is 2.95. The van der Waals surface area contributed by atoms with Crippen LogP contribution >= 0.6 is 0 Å². The molecule has 4 rings (SSSR count). The lowest BCUT2D eigenvalue weighted by molar-refractivity contribution is -0.0740. The summed E-state index contributed by atoms with van der Waals surface area (Å²) in [6.45, 7) is 0.891. The van der Waals surface area contributed by atoms with Gasteiger partial charge in [-0.3, -0.25) is 0 Å². The van der Waals surface area contributed by atoms with Crippen LogP contribution in [0.4, 0.5) is 8.78 Å². The number of rotatable bonds is 4. The van der Waals surface area contributed by atoms with E-state index in [9.17, 15) is 8.78 Å². The van der Waals surface area contributed by atoms with Gasteiger partial charge in [0, 0.05) is 24.0 Å². The summed E-state index contributed by atoms with van der Waals surface area (Å²) in [5.74, 6) is 4.81. The first-order valence-corrected chi connectivity index (χ1v) is 9.65. The van der Waals surface area contributed by atoms with E-state index in [4.69, 9.17) is 18.9 Å². The highest BCUT2D eigenvalue weighted by molar-refractivity contribution is 5.46. The Kier molecular flexibility index (Phi) is 6.43. The second-order valence-electron chi connectivity index (χ2n) is 6.72. The van der Waals surface area contributed by atoms with E-state index in [1.807, 2.05) is 24.3 Å². The molecule has 154 valence electrons. The molecule has 4 nitrogen and oxygen atoms in total. The minimum atomic E-state index is -0.531. The summed E-state index contributed by atoms with van der Waals surface area (Å²) >= 11 is 0. The number of ether oxygens (including phenoxy) is 4. The van der Waals surface area contributed by atoms with Gasteiger partial charge in [-0.1, -0.05) is 36.1 Å². The molecule has 0 aromatic heterocycles. The van der Waals surface area contributed by atoms with E-state index in [-0.39, 0.29) is 11.5 Å². The summed E-state index contributed by atoms with van der Waals surface area (Å²) in [5.41, 5.74) is 0.903. The standard InChI is InChI=1S/C24H20F2O4/c25-19-15-17(9-11-21(19)29-23-5-1-3-13-27-23)7-8-18-10-12-22(20(26)16-18)30-24-6-2-4-14-28-24/h1-4,9-12,15-16,23-24H,5-6,13-14H2. The van der Waals surface area contributed by atoms with E-state index in [0.29, 0.717) is 37.2 Å². The van der Waals surface area contributed by atoms with Crippen molar-refractivity contribution in [2.75, 3.05) is 13.2 Å². The SMILES string of the molecule is Fc1cc(C#Cc2ccc(OC3CC=CCO3)c(F)c2)ccc1OC1CC=CCO1. The highest BCUT2D eigenvalue weighted by Crippen LogP contribution is 2.23. The van der Waals surface area contributed by atoms with Crippen molar-refractivity contribution in [2.45, 2.75) is 25.4 Å². The van der Waals surface area contributed by atoms with Gasteiger partial charge in [0.1, 0.15) is 0 Å². The van der Waals surface area contributed by atoms with Crippen LogP contribution in [0.15, 0.2) is 60.7 Å². The maximum Gasteiger partial charge on any atom is 0.203 e. The lowest BCUT2D eigenvalue weighted by Crippen LogP contribution is -2.22. The summed E-state index contributed by atoms with van der Waals surface area (Å²) in [7, 11) is 0. The van der Waals surface area contributed by atoms with Gasteiger partial charge in [0.05, 0.1) is 13.2 Å². The Labute approximate surface area is 173 Å². The van der Waals surface area contributed by atoms with Gasteiger partial charge in [0.15, 0.2) is 23.1 Å². The van der Waals surface area contributed by atoms with Crippen LogP contribution in [0.1, 0.15) is 24.0 Å². The minimum absolute atomic E-state index is 0.105. The number of halogens is 2. The maximum absolute atomic E-state index is 14.3. The van der Waals surface area contributed by atoms with Crippen LogP contribution in [-0.4, -0.2) is 25.8 Å². The van der Waals surface area contributed by atoms with Crippen LogP contribution in [0.2, 0.25) is 0 Å². The summed E-state index contributed by atoms with van der Waals surface area (Å²) in [5, 5.41) is 0. The van der Waals surface area contributed by atoms with Gasteiger partial charge in [0.25, 0.3) is 0 Å². The molecule has 0 fully saturated rings. The molecular formula is C24H20F2O4. The predicted octanol–water partition coefficient (Wildman–Crippen LogP) is 4.73. The molecule has 2 aromatic rings. The van der Waals surface area contributed by atoms with Crippen molar-refractivity contribution >= 4 is 0 Å². The van der Waals surface area contributed by atoms with Crippen molar-refractivity contribution in [2.24, 2.45) is 0 Å². The van der Waals surface area contributed by atoms with Gasteiger partial charge >= 0.3 is 0 Å². The normalized spacial score (nSPS) is 20.3. The number of benzene rings is 2. The molecule has 2 aromatic carbocycles. The van der Waals surface area contributed by atoms with Gasteiger partial charge in [-0.2, -0.15) is 0 Å². The van der Waals surface area contributed by atoms with Gasteiger partial charge in [-0.25, -0.2) is 8.78 Å². The topological polar surface area (TPSA) is 36.9 Å². The first-order chi connectivity index (χ1) is 14.7. The molecule has 2 heterocycles. The third-order valence-electron chi connectivity index (χ3n) is 4.48. The first kappa shape index (κ1) is 20.1. The quantitative estimate of drug-likeness (QED) is 0.540. The zero-order valence-electron chi connectivity index (χ0n) is 16.1. The molecule has 30 heavy (non-hydrogen) atoms. The smallest absolute Gasteiger partial charge is 0.203 e. The molecule has 0 aliphatic carbocycles. The molecule has 2 unspecified atom stereocenters. The highest BCUT2D eigenvalue weighted by atomic mass is 19.1. The third kappa shape index (κ3) is 5.26. The molecule has 0 bridgehead atoms. The fourth-order valence-electron chi connectivity index (χ4n) is 2.95. The van der Waals surface area contributed by atoms with Crippen LogP contribution in [0.25, 0.3) is 0 Å². The molecule has 2 atom stereocenters. The van der Waals surface area contributed by atoms with Crippen molar-refractivity contribution in [1.29, 1.82) is 0 Å². The molecule has 0 N–H and O–H groups in total. The number of hydrogen-bond acceptors (Lipinski definition) is 4. The molecule has 0 spiro atoms. The zero-order valence-corrected chi connectivity index (χ0v) is 16.1. The van der Waals surface area contributed by atoms with Crippen molar-refractivity contribution < 1.29 is 27.7 Å². The first-order valence-electron chi connectivity index (χ1n) is 9.65. The van der Waals surface area contributed by atoms with Crippen molar-refractivity contribution in [3.05, 3.63) is 83.5 Å². The molecule has 2 aliphatic rings. The Bertz CT molecular complexity index is 940. The molecule has 0 radical (unpaired) electrons. The van der Waals surface area contributed by atoms with Gasteiger partial charge in [-0.15, -0.1) is 0 Å². The average Bonchev–Trinajstić information content (AvgIpc) is 2.77. The molecule has 6 heteroatoms. The Balaban J connectivity index is 1.41. The Morgan fingerprint density at radius 3 is 1.53 bits per heavy atom. The fraction of sp³-hybridized carbons (Fsp3) is 0.250. The van der Waals surface area contributed by atoms with Gasteiger partial charge in [0.2, 0.25) is 12.6 Å². The summed E-state index contributed by atoms with van der Waals surface area (Å²) in [6, 6.07) is 8.87. The van der Waals surface area contributed by atoms with E-state index in [1.165, 1.54) is 24.3 Å². The van der Waals surface area contributed by atoms with Crippen LogP contribution in [0, 0.1) is 23.5 Å². The molecule has 2 aliphatic heterocycles. The monoisotopic (exact) mass is 410 g/mol. The summed E-state index contributed by atoms with van der Waals surface area (Å²) in [4.78, 5) is 0. The highest BCUT2D eigenvalue weighted by Gasteiger charge is 2.15. The van der Waals surface area contributed by atoms with Crippen LogP contribution < -0.4 is 9.47 Å². The lowest BCUT2D eigenvalue weighted by Gasteiger charge is -2.20. The Morgan fingerprint density at radius 2 is 1.17 bits per heavy atom. The third-order valence-corrected chi connectivity index (χ3v) is 4.48. The second-order valence-corrected chi connectivity index (χ2v) is 6.72. The van der Waals surface area contributed by atoms with E-state index in [1.54, 1.807) is 12.1 Å². The number of hydrogen-bond donors (Lipinski definition) is 0. The summed E-state index contributed by atoms with van der Waals surface area (Å²) in [6.07, 6.45) is 7.77. The van der Waals surface area contributed by atoms with Crippen molar-refractivity contribution in [1.82, 2.24) is 0 Å². The molecule has 0 amide bonds. The van der Waals surface area contributed by atoms with Crippen LogP contribution in [-0.2, 0) is 9.47 Å². The lowest BCUT2D eigenvalue weighted by atomic mass is 10.1. The van der Waals surface area contributed by atoms with E-state index in [0.717, 1.165) is 0 Å². The Morgan fingerprint density at radius 1 is 0.700 bits per heavy atom. The van der Waals surface area contributed by atoms with Crippen LogP contribution in [0.3, 0.4) is 0 Å². The molecular weight excluding hydrogens is 390 g/mol. The zero-order chi connectivity index (χ0) is 20.8. The molecule has 0 saturated heterocycles.